The maximum Gasteiger partial charge on any atom is 0.298 e. The molecule has 0 bridgehead atoms. The van der Waals surface area contributed by atoms with Crippen LogP contribution in [0.4, 0.5) is 21.8 Å². The monoisotopic (exact) mass is 408 g/mol. The van der Waals surface area contributed by atoms with E-state index in [4.69, 9.17) is 9.15 Å². The number of likely N-dealkylation sites (N-methyl/N-ethyl adjacent to an activating group) is 1. The molecule has 2 atom stereocenters. The van der Waals surface area contributed by atoms with E-state index in [-0.39, 0.29) is 5.82 Å². The standard InChI is InChI=1S/C23H25FN4O2/c1-26-20-6-7-28(14-18(20)17-4-2-15(24)12-21(17)26)16-3-5-19-22(13-16)30-23(25-19)27-8-10-29-11-9-27/h2-5,12-13,18,20H,6-11,14H2,1H3. The van der Waals surface area contributed by atoms with E-state index in [9.17, 15) is 4.39 Å². The van der Waals surface area contributed by atoms with Crippen LogP contribution >= 0.6 is 0 Å². The van der Waals surface area contributed by atoms with E-state index in [1.165, 1.54) is 5.56 Å². The lowest BCUT2D eigenvalue weighted by Crippen LogP contribution is -2.45. The molecule has 2 aromatic carbocycles. The Morgan fingerprint density at radius 1 is 1.03 bits per heavy atom. The van der Waals surface area contributed by atoms with Crippen molar-refractivity contribution in [2.24, 2.45) is 0 Å². The minimum atomic E-state index is -0.164. The molecular weight excluding hydrogens is 383 g/mol. The van der Waals surface area contributed by atoms with E-state index >= 15 is 0 Å². The van der Waals surface area contributed by atoms with Crippen LogP contribution in [0.25, 0.3) is 11.1 Å². The van der Waals surface area contributed by atoms with Crippen LogP contribution in [0.2, 0.25) is 0 Å². The Balaban J connectivity index is 1.27. The lowest BCUT2D eigenvalue weighted by molar-refractivity contribution is 0.120. The number of fused-ring (bicyclic) bond motifs is 4. The van der Waals surface area contributed by atoms with Gasteiger partial charge in [0.2, 0.25) is 0 Å². The average molecular weight is 408 g/mol. The number of nitrogens with zero attached hydrogens (tertiary/aromatic N) is 4. The summed E-state index contributed by atoms with van der Waals surface area (Å²) in [4.78, 5) is 11.5. The molecule has 30 heavy (non-hydrogen) atoms. The maximum absolute atomic E-state index is 13.8. The van der Waals surface area contributed by atoms with Crippen LogP contribution < -0.4 is 14.7 Å². The highest BCUT2D eigenvalue weighted by Gasteiger charge is 2.40. The summed E-state index contributed by atoms with van der Waals surface area (Å²) in [6.07, 6.45) is 1.05. The first-order chi connectivity index (χ1) is 14.7. The van der Waals surface area contributed by atoms with Gasteiger partial charge in [-0.05, 0) is 36.2 Å². The highest BCUT2D eigenvalue weighted by Crippen LogP contribution is 2.45. The highest BCUT2D eigenvalue weighted by molar-refractivity contribution is 5.79. The molecule has 4 heterocycles. The van der Waals surface area contributed by atoms with E-state index in [0.717, 1.165) is 55.1 Å². The largest absolute Gasteiger partial charge is 0.423 e. The molecule has 2 fully saturated rings. The third-order valence-electron chi connectivity index (χ3n) is 6.85. The van der Waals surface area contributed by atoms with Gasteiger partial charge in [-0.15, -0.1) is 0 Å². The molecular formula is C23H25FN4O2. The molecule has 3 aliphatic heterocycles. The van der Waals surface area contributed by atoms with E-state index in [1.54, 1.807) is 12.1 Å². The summed E-state index contributed by atoms with van der Waals surface area (Å²) in [5.41, 5.74) is 5.15. The van der Waals surface area contributed by atoms with Crippen molar-refractivity contribution in [3.8, 4) is 0 Å². The molecule has 6 nitrogen and oxygen atoms in total. The molecule has 0 aliphatic carbocycles. The molecule has 0 amide bonds. The molecule has 0 N–H and O–H groups in total. The number of hydrogen-bond donors (Lipinski definition) is 0. The summed E-state index contributed by atoms with van der Waals surface area (Å²) in [5, 5.41) is 0. The summed E-state index contributed by atoms with van der Waals surface area (Å²) in [6, 6.07) is 12.6. The lowest BCUT2D eigenvalue weighted by Gasteiger charge is -2.39. The van der Waals surface area contributed by atoms with Crippen molar-refractivity contribution >= 4 is 28.5 Å². The molecule has 3 aromatic rings. The summed E-state index contributed by atoms with van der Waals surface area (Å²) in [7, 11) is 2.09. The number of ether oxygens (including phenoxy) is 1. The molecule has 7 heteroatoms. The van der Waals surface area contributed by atoms with Crippen LogP contribution in [0.3, 0.4) is 0 Å². The first kappa shape index (κ1) is 18.0. The molecule has 6 rings (SSSR count). The quantitative estimate of drug-likeness (QED) is 0.646. The Morgan fingerprint density at radius 3 is 2.77 bits per heavy atom. The third kappa shape index (κ3) is 2.83. The average Bonchev–Trinajstić information content (AvgIpc) is 3.33. The number of piperidine rings is 1. The van der Waals surface area contributed by atoms with Gasteiger partial charge in [0.1, 0.15) is 11.3 Å². The molecule has 0 radical (unpaired) electrons. The first-order valence-corrected chi connectivity index (χ1v) is 10.7. The minimum Gasteiger partial charge on any atom is -0.423 e. The zero-order valence-corrected chi connectivity index (χ0v) is 17.1. The maximum atomic E-state index is 13.8. The molecule has 3 aliphatic rings. The number of halogens is 1. The van der Waals surface area contributed by atoms with Crippen molar-refractivity contribution in [1.29, 1.82) is 0 Å². The summed E-state index contributed by atoms with van der Waals surface area (Å²) < 4.78 is 25.3. The zero-order chi connectivity index (χ0) is 20.2. The zero-order valence-electron chi connectivity index (χ0n) is 17.1. The van der Waals surface area contributed by atoms with Crippen molar-refractivity contribution in [2.45, 2.75) is 18.4 Å². The van der Waals surface area contributed by atoms with E-state index in [1.807, 2.05) is 12.1 Å². The number of rotatable bonds is 2. The minimum absolute atomic E-state index is 0.164. The van der Waals surface area contributed by atoms with Gasteiger partial charge in [-0.1, -0.05) is 6.07 Å². The van der Waals surface area contributed by atoms with Gasteiger partial charge in [-0.3, -0.25) is 0 Å². The molecule has 0 spiro atoms. The van der Waals surface area contributed by atoms with Gasteiger partial charge in [0.25, 0.3) is 6.01 Å². The van der Waals surface area contributed by atoms with Crippen molar-refractivity contribution in [1.82, 2.24) is 4.98 Å². The van der Waals surface area contributed by atoms with Gasteiger partial charge in [-0.2, -0.15) is 4.98 Å². The van der Waals surface area contributed by atoms with Crippen LogP contribution in [0.1, 0.15) is 17.9 Å². The van der Waals surface area contributed by atoms with E-state index < -0.39 is 0 Å². The molecule has 1 aromatic heterocycles. The Labute approximate surface area is 174 Å². The fourth-order valence-electron chi connectivity index (χ4n) is 5.25. The number of oxazole rings is 1. The van der Waals surface area contributed by atoms with Gasteiger partial charge >= 0.3 is 0 Å². The third-order valence-corrected chi connectivity index (χ3v) is 6.85. The van der Waals surface area contributed by atoms with Crippen molar-refractivity contribution < 1.29 is 13.5 Å². The van der Waals surface area contributed by atoms with Crippen LogP contribution in [-0.2, 0) is 4.74 Å². The van der Waals surface area contributed by atoms with Gasteiger partial charge in [0.05, 0.1) is 13.2 Å². The number of hydrogen-bond acceptors (Lipinski definition) is 6. The summed E-state index contributed by atoms with van der Waals surface area (Å²) in [6.45, 7) is 4.92. The second-order valence-electron chi connectivity index (χ2n) is 8.47. The van der Waals surface area contributed by atoms with Gasteiger partial charge in [0.15, 0.2) is 5.58 Å². The van der Waals surface area contributed by atoms with Gasteiger partial charge in [0, 0.05) is 62.6 Å². The Kier molecular flexibility index (Phi) is 4.13. The van der Waals surface area contributed by atoms with Crippen LogP contribution in [0.5, 0.6) is 0 Å². The second kappa shape index (κ2) is 6.87. The second-order valence-corrected chi connectivity index (χ2v) is 8.47. The first-order valence-electron chi connectivity index (χ1n) is 10.7. The van der Waals surface area contributed by atoms with Crippen molar-refractivity contribution in [2.75, 3.05) is 61.1 Å². The predicted octanol–water partition coefficient (Wildman–Crippen LogP) is 3.62. The Bertz CT molecular complexity index is 1090. The summed E-state index contributed by atoms with van der Waals surface area (Å²) >= 11 is 0. The topological polar surface area (TPSA) is 45.0 Å². The summed E-state index contributed by atoms with van der Waals surface area (Å²) in [5.74, 6) is 0.219. The predicted molar refractivity (Wildman–Crippen MR) is 115 cm³/mol. The van der Waals surface area contributed by atoms with Gasteiger partial charge < -0.3 is 23.9 Å². The highest BCUT2D eigenvalue weighted by atomic mass is 19.1. The Morgan fingerprint density at radius 2 is 1.90 bits per heavy atom. The van der Waals surface area contributed by atoms with Crippen LogP contribution in [0.15, 0.2) is 40.8 Å². The number of morpholine rings is 1. The molecule has 0 saturated carbocycles. The van der Waals surface area contributed by atoms with Gasteiger partial charge in [-0.25, -0.2) is 4.39 Å². The smallest absolute Gasteiger partial charge is 0.298 e. The van der Waals surface area contributed by atoms with Crippen LogP contribution in [-0.4, -0.2) is 57.5 Å². The normalized spacial score (nSPS) is 23.7. The fraction of sp³-hybridized carbons (Fsp3) is 0.435. The number of aromatic nitrogens is 1. The van der Waals surface area contributed by atoms with Crippen molar-refractivity contribution in [3.63, 3.8) is 0 Å². The number of benzene rings is 2. The fourth-order valence-corrected chi connectivity index (χ4v) is 5.25. The van der Waals surface area contributed by atoms with Crippen molar-refractivity contribution in [3.05, 3.63) is 47.8 Å². The van der Waals surface area contributed by atoms with E-state index in [2.05, 4.69) is 38.9 Å². The molecule has 2 saturated heterocycles. The Hall–Kier alpha value is -2.80. The molecule has 2 unspecified atom stereocenters. The lowest BCUT2D eigenvalue weighted by atomic mass is 9.89. The van der Waals surface area contributed by atoms with E-state index in [0.29, 0.717) is 31.2 Å². The van der Waals surface area contributed by atoms with Crippen LogP contribution in [0, 0.1) is 5.82 Å². The SMILES string of the molecule is CN1c2cc(F)ccc2C2CN(c3ccc4nc(N5CCOCC5)oc4c3)CCC21. The molecule has 156 valence electrons. The number of anilines is 3.